The lowest BCUT2D eigenvalue weighted by molar-refractivity contribution is -0.142. The number of carboxylic acid groups (broad SMARTS) is 1. The number of pyridine rings is 1. The number of nitrogens with one attached hydrogen (secondary N) is 1. The van der Waals surface area contributed by atoms with Crippen molar-refractivity contribution in [3.8, 4) is 0 Å². The van der Waals surface area contributed by atoms with Crippen LogP contribution in [0.5, 0.6) is 0 Å². The van der Waals surface area contributed by atoms with Crippen LogP contribution in [0.3, 0.4) is 0 Å². The number of aromatic nitrogens is 1. The summed E-state index contributed by atoms with van der Waals surface area (Å²) in [6.07, 6.45) is 2.29. The lowest BCUT2D eigenvalue weighted by Crippen LogP contribution is -2.40. The molecule has 1 aliphatic rings. The zero-order valence-electron chi connectivity index (χ0n) is 15.4. The van der Waals surface area contributed by atoms with Gasteiger partial charge in [0, 0.05) is 19.3 Å². The Morgan fingerprint density at radius 1 is 1.21 bits per heavy atom. The fraction of sp³-hybridized carbons (Fsp3) is 0.316. The summed E-state index contributed by atoms with van der Waals surface area (Å²) in [5.74, 6) is -0.761. The third-order valence-corrected chi connectivity index (χ3v) is 6.59. The molecule has 2 heterocycles. The average molecular weight is 402 g/mol. The number of carboxylic acids is 1. The van der Waals surface area contributed by atoms with Crippen molar-refractivity contribution in [3.05, 3.63) is 54.2 Å². The first kappa shape index (κ1) is 20.0. The molecule has 0 aliphatic carbocycles. The molecule has 148 valence electrons. The predicted octanol–water partition coefficient (Wildman–Crippen LogP) is 2.40. The molecule has 1 aromatic carbocycles. The molecule has 0 atom stereocenters. The summed E-state index contributed by atoms with van der Waals surface area (Å²) in [6.45, 7) is 2.19. The molecule has 0 saturated carbocycles. The molecule has 0 amide bonds. The van der Waals surface area contributed by atoms with Crippen LogP contribution in [0.15, 0.2) is 58.7 Å². The molecule has 8 nitrogen and oxygen atoms in total. The minimum Gasteiger partial charge on any atom is -0.481 e. The summed E-state index contributed by atoms with van der Waals surface area (Å²) in [7, 11) is -3.68. The lowest BCUT2D eigenvalue weighted by Gasteiger charge is -2.29. The maximum atomic E-state index is 12.9. The van der Waals surface area contributed by atoms with Crippen LogP contribution < -0.4 is 5.43 Å². The number of carbonyl (C=O) groups is 1. The Morgan fingerprint density at radius 3 is 2.61 bits per heavy atom. The molecule has 3 rings (SSSR count). The number of benzene rings is 1. The number of rotatable bonds is 6. The van der Waals surface area contributed by atoms with Gasteiger partial charge in [-0.1, -0.05) is 18.2 Å². The third kappa shape index (κ3) is 4.55. The van der Waals surface area contributed by atoms with Crippen molar-refractivity contribution in [2.75, 3.05) is 18.5 Å². The number of nitrogens with zero attached hydrogens (tertiary/aromatic N) is 3. The lowest BCUT2D eigenvalue weighted by atomic mass is 9.99. The molecule has 1 saturated heterocycles. The number of piperidine rings is 1. The Bertz CT molecular complexity index is 968. The van der Waals surface area contributed by atoms with E-state index in [1.165, 1.54) is 4.31 Å². The van der Waals surface area contributed by atoms with Crippen molar-refractivity contribution < 1.29 is 18.3 Å². The Labute approximate surface area is 164 Å². The first-order valence-electron chi connectivity index (χ1n) is 8.92. The number of hydrogen-bond donors (Lipinski definition) is 2. The minimum atomic E-state index is -3.68. The van der Waals surface area contributed by atoms with Gasteiger partial charge in [-0.3, -0.25) is 10.2 Å². The SMILES string of the molecule is C/C(=N/Nc1ccccn1)c1cccc(S(=O)(=O)N2CCC(C(=O)O)CC2)c1. The van der Waals surface area contributed by atoms with Crippen molar-refractivity contribution in [3.63, 3.8) is 0 Å². The standard InChI is InChI=1S/C19H22N4O4S/c1-14(21-22-18-7-2-3-10-20-18)16-5-4-6-17(13-16)28(26,27)23-11-8-15(9-12-23)19(24)25/h2-7,10,13,15H,8-9,11-12H2,1H3,(H,20,22)(H,24,25)/b21-14-. The fourth-order valence-corrected chi connectivity index (χ4v) is 4.52. The Hall–Kier alpha value is -2.78. The van der Waals surface area contributed by atoms with E-state index in [-0.39, 0.29) is 18.0 Å². The summed E-state index contributed by atoms with van der Waals surface area (Å²) in [5, 5.41) is 13.3. The molecule has 0 radical (unpaired) electrons. The Morgan fingerprint density at radius 2 is 1.96 bits per heavy atom. The number of hydrogen-bond acceptors (Lipinski definition) is 6. The van der Waals surface area contributed by atoms with Gasteiger partial charge in [-0.25, -0.2) is 13.4 Å². The number of hydrazone groups is 1. The first-order valence-corrected chi connectivity index (χ1v) is 10.4. The summed E-state index contributed by atoms with van der Waals surface area (Å²) in [5.41, 5.74) is 4.13. The zero-order valence-corrected chi connectivity index (χ0v) is 16.3. The van der Waals surface area contributed by atoms with E-state index >= 15 is 0 Å². The van der Waals surface area contributed by atoms with Crippen LogP contribution in [0.25, 0.3) is 0 Å². The summed E-state index contributed by atoms with van der Waals surface area (Å²) >= 11 is 0. The topological polar surface area (TPSA) is 112 Å². The second-order valence-electron chi connectivity index (χ2n) is 6.57. The van der Waals surface area contributed by atoms with Gasteiger partial charge in [0.25, 0.3) is 0 Å². The molecule has 1 aliphatic heterocycles. The molecule has 9 heteroatoms. The highest BCUT2D eigenvalue weighted by Crippen LogP contribution is 2.24. The van der Waals surface area contributed by atoms with Crippen molar-refractivity contribution in [2.45, 2.75) is 24.7 Å². The van der Waals surface area contributed by atoms with Gasteiger partial charge in [-0.2, -0.15) is 9.41 Å². The molecule has 0 spiro atoms. The van der Waals surface area contributed by atoms with E-state index in [2.05, 4.69) is 15.5 Å². The van der Waals surface area contributed by atoms with Gasteiger partial charge in [0.15, 0.2) is 0 Å². The van der Waals surface area contributed by atoms with Crippen molar-refractivity contribution >= 4 is 27.5 Å². The maximum absolute atomic E-state index is 12.9. The molecule has 2 N–H and O–H groups in total. The summed E-state index contributed by atoms with van der Waals surface area (Å²) in [4.78, 5) is 15.4. The molecule has 2 aromatic rings. The first-order chi connectivity index (χ1) is 13.4. The third-order valence-electron chi connectivity index (χ3n) is 4.70. The van der Waals surface area contributed by atoms with Gasteiger partial charge in [-0.05, 0) is 49.6 Å². The van der Waals surface area contributed by atoms with Crippen molar-refractivity contribution in [1.82, 2.24) is 9.29 Å². The average Bonchev–Trinajstić information content (AvgIpc) is 2.73. The van der Waals surface area contributed by atoms with Gasteiger partial charge in [0.2, 0.25) is 10.0 Å². The Balaban J connectivity index is 1.76. The van der Waals surface area contributed by atoms with E-state index < -0.39 is 21.9 Å². The van der Waals surface area contributed by atoms with E-state index in [9.17, 15) is 13.2 Å². The second-order valence-corrected chi connectivity index (χ2v) is 8.51. The highest BCUT2D eigenvalue weighted by molar-refractivity contribution is 7.89. The number of anilines is 1. The molecule has 0 bridgehead atoms. The van der Waals surface area contributed by atoms with Crippen molar-refractivity contribution in [2.24, 2.45) is 11.0 Å². The minimum absolute atomic E-state index is 0.172. The molecular weight excluding hydrogens is 380 g/mol. The maximum Gasteiger partial charge on any atom is 0.306 e. The smallest absolute Gasteiger partial charge is 0.306 e. The van der Waals surface area contributed by atoms with Crippen LogP contribution in [0.2, 0.25) is 0 Å². The van der Waals surface area contributed by atoms with Crippen LogP contribution in [0.4, 0.5) is 5.82 Å². The van der Waals surface area contributed by atoms with Crippen LogP contribution in [-0.4, -0.2) is 47.6 Å². The van der Waals surface area contributed by atoms with Gasteiger partial charge >= 0.3 is 5.97 Å². The van der Waals surface area contributed by atoms with Gasteiger partial charge in [0.1, 0.15) is 5.82 Å². The van der Waals surface area contributed by atoms with Crippen LogP contribution in [-0.2, 0) is 14.8 Å². The van der Waals surface area contributed by atoms with E-state index in [0.717, 1.165) is 0 Å². The quantitative estimate of drug-likeness (QED) is 0.567. The monoisotopic (exact) mass is 402 g/mol. The van der Waals surface area contributed by atoms with E-state index in [1.54, 1.807) is 49.5 Å². The number of aliphatic carboxylic acids is 1. The summed E-state index contributed by atoms with van der Waals surface area (Å²) in [6, 6.07) is 12.0. The fourth-order valence-electron chi connectivity index (χ4n) is 3.01. The predicted molar refractivity (Wildman–Crippen MR) is 106 cm³/mol. The summed E-state index contributed by atoms with van der Waals surface area (Å²) < 4.78 is 27.2. The van der Waals surface area contributed by atoms with Crippen LogP contribution >= 0.6 is 0 Å². The van der Waals surface area contributed by atoms with E-state index in [4.69, 9.17) is 5.11 Å². The molecule has 0 unspecified atom stereocenters. The van der Waals surface area contributed by atoms with Crippen LogP contribution in [0, 0.1) is 5.92 Å². The highest BCUT2D eigenvalue weighted by Gasteiger charge is 2.32. The molecule has 1 fully saturated rings. The zero-order chi connectivity index (χ0) is 20.1. The highest BCUT2D eigenvalue weighted by atomic mass is 32.2. The molecule has 1 aromatic heterocycles. The molecule has 28 heavy (non-hydrogen) atoms. The Kier molecular flexibility index (Phi) is 6.05. The second kappa shape index (κ2) is 8.49. The van der Waals surface area contributed by atoms with Gasteiger partial charge in [0.05, 0.1) is 16.5 Å². The van der Waals surface area contributed by atoms with Crippen LogP contribution in [0.1, 0.15) is 25.3 Å². The normalized spacial score (nSPS) is 16.7. The van der Waals surface area contributed by atoms with Gasteiger partial charge < -0.3 is 5.11 Å². The number of sulfonamides is 1. The largest absolute Gasteiger partial charge is 0.481 e. The van der Waals surface area contributed by atoms with Gasteiger partial charge in [-0.15, -0.1) is 0 Å². The van der Waals surface area contributed by atoms with E-state index in [0.29, 0.717) is 29.9 Å². The van der Waals surface area contributed by atoms with E-state index in [1.807, 2.05) is 6.07 Å². The molecular formula is C19H22N4O4S. The van der Waals surface area contributed by atoms with Crippen molar-refractivity contribution in [1.29, 1.82) is 0 Å².